The molecule has 1 N–H and O–H groups in total. The molecule has 23 heavy (non-hydrogen) atoms. The molecule has 0 aromatic rings. The maximum absolute atomic E-state index is 12.9. The zero-order valence-corrected chi connectivity index (χ0v) is 14.6. The summed E-state index contributed by atoms with van der Waals surface area (Å²) >= 11 is 0. The molecule has 3 aliphatic rings. The van der Waals surface area contributed by atoms with Gasteiger partial charge in [-0.1, -0.05) is 19.8 Å². The van der Waals surface area contributed by atoms with Crippen molar-refractivity contribution in [1.29, 1.82) is 0 Å². The van der Waals surface area contributed by atoms with E-state index in [1.54, 1.807) is 0 Å². The van der Waals surface area contributed by atoms with E-state index in [9.17, 15) is 4.79 Å². The SMILES string of the molecule is C[C@@H]1CCN(C(=O)CN2CCN(CCO)CC2)[C@H]2CCCC[C@H]12. The molecule has 2 saturated heterocycles. The molecule has 0 radical (unpaired) electrons. The predicted octanol–water partition coefficient (Wildman–Crippen LogP) is 1.02. The monoisotopic (exact) mass is 323 g/mol. The molecule has 132 valence electrons. The molecule has 3 rings (SSSR count). The lowest BCUT2D eigenvalue weighted by atomic mass is 9.72. The number of amides is 1. The van der Waals surface area contributed by atoms with Gasteiger partial charge in [-0.05, 0) is 31.1 Å². The smallest absolute Gasteiger partial charge is 0.237 e. The van der Waals surface area contributed by atoms with Gasteiger partial charge >= 0.3 is 0 Å². The summed E-state index contributed by atoms with van der Waals surface area (Å²) in [7, 11) is 0. The van der Waals surface area contributed by atoms with Crippen LogP contribution >= 0.6 is 0 Å². The fraction of sp³-hybridized carbons (Fsp3) is 0.944. The predicted molar refractivity (Wildman–Crippen MR) is 91.2 cm³/mol. The number of hydrogen-bond donors (Lipinski definition) is 1. The van der Waals surface area contributed by atoms with E-state index in [2.05, 4.69) is 21.6 Å². The van der Waals surface area contributed by atoms with E-state index < -0.39 is 0 Å². The Labute approximate surface area is 140 Å². The van der Waals surface area contributed by atoms with Gasteiger partial charge in [0.05, 0.1) is 13.2 Å². The minimum absolute atomic E-state index is 0.230. The molecule has 1 saturated carbocycles. The summed E-state index contributed by atoms with van der Waals surface area (Å²) in [5.41, 5.74) is 0. The average Bonchev–Trinajstić information content (AvgIpc) is 2.57. The third-order valence-corrected chi connectivity index (χ3v) is 6.30. The molecule has 1 aliphatic carbocycles. The Kier molecular flexibility index (Phi) is 5.94. The number of nitrogens with zero attached hydrogens (tertiary/aromatic N) is 3. The number of aliphatic hydroxyl groups is 1. The minimum Gasteiger partial charge on any atom is -0.395 e. The standard InChI is InChI=1S/C18H33N3O2/c1-15-6-7-21(17-5-3-2-4-16(15)17)18(23)14-20-10-8-19(9-11-20)12-13-22/h15-17,22H,2-14H2,1H3/t15-,16-,17+/m1/s1. The Balaban J connectivity index is 1.52. The van der Waals surface area contributed by atoms with Crippen LogP contribution in [0.2, 0.25) is 0 Å². The molecule has 2 aliphatic heterocycles. The van der Waals surface area contributed by atoms with E-state index >= 15 is 0 Å². The molecule has 3 fully saturated rings. The Morgan fingerprint density at radius 3 is 2.43 bits per heavy atom. The van der Waals surface area contributed by atoms with E-state index in [0.29, 0.717) is 18.5 Å². The number of aliphatic hydroxyl groups excluding tert-OH is 1. The Bertz CT molecular complexity index is 396. The number of carbonyl (C=O) groups excluding carboxylic acids is 1. The Morgan fingerprint density at radius 1 is 1.00 bits per heavy atom. The third kappa shape index (κ3) is 4.06. The van der Waals surface area contributed by atoms with Crippen LogP contribution in [0.25, 0.3) is 0 Å². The van der Waals surface area contributed by atoms with Crippen molar-refractivity contribution in [3.63, 3.8) is 0 Å². The van der Waals surface area contributed by atoms with E-state index in [1.807, 2.05) is 0 Å². The first-order valence-electron chi connectivity index (χ1n) is 9.54. The molecular formula is C18H33N3O2. The summed E-state index contributed by atoms with van der Waals surface area (Å²) in [5.74, 6) is 1.87. The fourth-order valence-electron chi connectivity index (χ4n) is 4.82. The number of fused-ring (bicyclic) bond motifs is 1. The van der Waals surface area contributed by atoms with Gasteiger partial charge in [0, 0.05) is 45.3 Å². The van der Waals surface area contributed by atoms with Crippen LogP contribution in [0, 0.1) is 11.8 Å². The van der Waals surface area contributed by atoms with Crippen LogP contribution < -0.4 is 0 Å². The van der Waals surface area contributed by atoms with Gasteiger partial charge in [0.1, 0.15) is 0 Å². The molecule has 0 aromatic heterocycles. The highest BCUT2D eigenvalue weighted by molar-refractivity contribution is 5.78. The van der Waals surface area contributed by atoms with Gasteiger partial charge in [-0.2, -0.15) is 0 Å². The van der Waals surface area contributed by atoms with Crippen LogP contribution in [0.4, 0.5) is 0 Å². The van der Waals surface area contributed by atoms with Crippen molar-refractivity contribution in [1.82, 2.24) is 14.7 Å². The van der Waals surface area contributed by atoms with Crippen molar-refractivity contribution < 1.29 is 9.90 Å². The summed E-state index contributed by atoms with van der Waals surface area (Å²) < 4.78 is 0. The van der Waals surface area contributed by atoms with Crippen LogP contribution in [-0.4, -0.2) is 84.2 Å². The minimum atomic E-state index is 0.230. The third-order valence-electron chi connectivity index (χ3n) is 6.30. The highest BCUT2D eigenvalue weighted by Crippen LogP contribution is 2.38. The fourth-order valence-corrected chi connectivity index (χ4v) is 4.82. The van der Waals surface area contributed by atoms with Gasteiger partial charge in [0.15, 0.2) is 0 Å². The Morgan fingerprint density at radius 2 is 1.70 bits per heavy atom. The van der Waals surface area contributed by atoms with E-state index in [4.69, 9.17) is 5.11 Å². The molecule has 3 atom stereocenters. The molecule has 0 spiro atoms. The first-order chi connectivity index (χ1) is 11.2. The van der Waals surface area contributed by atoms with Gasteiger partial charge in [0.2, 0.25) is 5.91 Å². The van der Waals surface area contributed by atoms with Gasteiger partial charge in [-0.15, -0.1) is 0 Å². The maximum atomic E-state index is 12.9. The Hall–Kier alpha value is -0.650. The van der Waals surface area contributed by atoms with Crippen LogP contribution in [0.15, 0.2) is 0 Å². The highest BCUT2D eigenvalue weighted by atomic mass is 16.3. The van der Waals surface area contributed by atoms with E-state index in [0.717, 1.165) is 51.1 Å². The number of rotatable bonds is 4. The number of piperazine rings is 1. The van der Waals surface area contributed by atoms with Gasteiger partial charge in [-0.25, -0.2) is 0 Å². The zero-order valence-electron chi connectivity index (χ0n) is 14.6. The molecule has 5 nitrogen and oxygen atoms in total. The lowest BCUT2D eigenvalue weighted by Crippen LogP contribution is -2.56. The lowest BCUT2D eigenvalue weighted by molar-refractivity contribution is -0.140. The molecular weight excluding hydrogens is 290 g/mol. The van der Waals surface area contributed by atoms with Crippen molar-refractivity contribution >= 4 is 5.91 Å². The summed E-state index contributed by atoms with van der Waals surface area (Å²) in [6.45, 7) is 8.76. The van der Waals surface area contributed by atoms with Crippen molar-refractivity contribution in [2.45, 2.75) is 45.1 Å². The first-order valence-corrected chi connectivity index (χ1v) is 9.54. The maximum Gasteiger partial charge on any atom is 0.237 e. The normalized spacial score (nSPS) is 33.5. The second-order valence-corrected chi connectivity index (χ2v) is 7.71. The van der Waals surface area contributed by atoms with Crippen LogP contribution in [0.5, 0.6) is 0 Å². The number of likely N-dealkylation sites (tertiary alicyclic amines) is 1. The van der Waals surface area contributed by atoms with Crippen molar-refractivity contribution in [2.24, 2.45) is 11.8 Å². The molecule has 1 amide bonds. The summed E-state index contributed by atoms with van der Waals surface area (Å²) in [4.78, 5) is 19.7. The molecule has 0 aromatic carbocycles. The van der Waals surface area contributed by atoms with Crippen LogP contribution in [0.1, 0.15) is 39.0 Å². The average molecular weight is 323 g/mol. The van der Waals surface area contributed by atoms with Crippen LogP contribution in [0.3, 0.4) is 0 Å². The van der Waals surface area contributed by atoms with Crippen molar-refractivity contribution in [3.05, 3.63) is 0 Å². The quantitative estimate of drug-likeness (QED) is 0.839. The van der Waals surface area contributed by atoms with Crippen molar-refractivity contribution in [2.75, 3.05) is 52.4 Å². The number of β-amino-alcohol motifs (C(OH)–C–C–N with tert-alkyl or cyclic N) is 1. The second kappa shape index (κ2) is 7.95. The van der Waals surface area contributed by atoms with Gasteiger partial charge < -0.3 is 10.0 Å². The first kappa shape index (κ1) is 17.2. The topological polar surface area (TPSA) is 47.0 Å². The summed E-state index contributed by atoms with van der Waals surface area (Å²) in [6, 6.07) is 0.510. The molecule has 5 heteroatoms. The number of carbonyl (C=O) groups is 1. The molecule has 0 bridgehead atoms. The zero-order chi connectivity index (χ0) is 16.2. The number of hydrogen-bond acceptors (Lipinski definition) is 4. The second-order valence-electron chi connectivity index (χ2n) is 7.71. The number of piperidine rings is 1. The summed E-state index contributed by atoms with van der Waals surface area (Å²) in [6.07, 6.45) is 6.34. The van der Waals surface area contributed by atoms with Gasteiger partial charge in [0.25, 0.3) is 0 Å². The van der Waals surface area contributed by atoms with E-state index in [-0.39, 0.29) is 6.61 Å². The van der Waals surface area contributed by atoms with E-state index in [1.165, 1.54) is 32.1 Å². The molecule has 0 unspecified atom stereocenters. The van der Waals surface area contributed by atoms with Crippen LogP contribution in [-0.2, 0) is 4.79 Å². The largest absolute Gasteiger partial charge is 0.395 e. The van der Waals surface area contributed by atoms with Gasteiger partial charge in [-0.3, -0.25) is 14.6 Å². The lowest BCUT2D eigenvalue weighted by Gasteiger charge is -2.48. The highest BCUT2D eigenvalue weighted by Gasteiger charge is 2.39. The van der Waals surface area contributed by atoms with Crippen molar-refractivity contribution in [3.8, 4) is 0 Å². The summed E-state index contributed by atoms with van der Waals surface area (Å²) in [5, 5.41) is 9.02. The molecule has 2 heterocycles.